The summed E-state index contributed by atoms with van der Waals surface area (Å²) in [5, 5.41) is 0. The molecule has 0 radical (unpaired) electrons. The maximum absolute atomic E-state index is 6.27. The summed E-state index contributed by atoms with van der Waals surface area (Å²) in [5.41, 5.74) is 2.61. The first-order valence-corrected chi connectivity index (χ1v) is 9.66. The second-order valence-corrected chi connectivity index (χ2v) is 7.19. The van der Waals surface area contributed by atoms with Gasteiger partial charge in [-0.1, -0.05) is 82.4 Å². The Bertz CT molecular complexity index is 480. The molecule has 2 heteroatoms. The molecule has 1 aliphatic rings. The van der Waals surface area contributed by atoms with Gasteiger partial charge in [-0.3, -0.25) is 0 Å². The van der Waals surface area contributed by atoms with Crippen molar-refractivity contribution in [2.75, 3.05) is 6.61 Å². The number of benzene rings is 1. The summed E-state index contributed by atoms with van der Waals surface area (Å²) in [7, 11) is 0. The summed E-state index contributed by atoms with van der Waals surface area (Å²) in [6.45, 7) is 8.12. The summed E-state index contributed by atoms with van der Waals surface area (Å²) >= 11 is 0. The predicted molar refractivity (Wildman–Crippen MR) is 101 cm³/mol. The Morgan fingerprint density at radius 2 is 1.83 bits per heavy atom. The van der Waals surface area contributed by atoms with Gasteiger partial charge in [-0.15, -0.1) is 0 Å². The van der Waals surface area contributed by atoms with Crippen LogP contribution in [-0.4, -0.2) is 18.8 Å². The van der Waals surface area contributed by atoms with Gasteiger partial charge >= 0.3 is 0 Å². The van der Waals surface area contributed by atoms with Crippen LogP contribution in [0.15, 0.2) is 42.0 Å². The minimum atomic E-state index is 0.224. The van der Waals surface area contributed by atoms with Crippen molar-refractivity contribution in [2.24, 2.45) is 5.92 Å². The van der Waals surface area contributed by atoms with Crippen LogP contribution in [0.4, 0.5) is 0 Å². The molecule has 1 heterocycles. The Morgan fingerprint density at radius 3 is 2.58 bits per heavy atom. The Balaban J connectivity index is 1.65. The molecule has 0 spiro atoms. The largest absolute Gasteiger partial charge is 0.376 e. The zero-order chi connectivity index (χ0) is 17.2. The van der Waals surface area contributed by atoms with Crippen LogP contribution in [0.3, 0.4) is 0 Å². The van der Waals surface area contributed by atoms with E-state index in [1.807, 2.05) is 6.07 Å². The molecule has 0 saturated carbocycles. The summed E-state index contributed by atoms with van der Waals surface area (Å²) < 4.78 is 12.2. The van der Waals surface area contributed by atoms with Crippen LogP contribution in [0.1, 0.15) is 64.9 Å². The zero-order valence-electron chi connectivity index (χ0n) is 15.7. The molecule has 0 bridgehead atoms. The molecule has 3 atom stereocenters. The normalized spacial score (nSPS) is 21.7. The van der Waals surface area contributed by atoms with Gasteiger partial charge < -0.3 is 9.47 Å². The highest BCUT2D eigenvalue weighted by atomic mass is 16.5. The van der Waals surface area contributed by atoms with Gasteiger partial charge in [0.15, 0.2) is 0 Å². The second kappa shape index (κ2) is 10.7. The Labute approximate surface area is 148 Å². The minimum absolute atomic E-state index is 0.224. The lowest BCUT2D eigenvalue weighted by Gasteiger charge is -2.22. The Hall–Kier alpha value is -1.12. The number of unbranched alkanes of at least 4 members (excludes halogenated alkanes) is 4. The molecule has 24 heavy (non-hydrogen) atoms. The highest BCUT2D eigenvalue weighted by Crippen LogP contribution is 2.28. The van der Waals surface area contributed by atoms with E-state index in [2.05, 4.69) is 51.1 Å². The fraction of sp³-hybridized carbons (Fsp3) is 0.636. The third-order valence-corrected chi connectivity index (χ3v) is 4.82. The number of hydrogen-bond acceptors (Lipinski definition) is 2. The summed E-state index contributed by atoms with van der Waals surface area (Å²) in [6.07, 6.45) is 10.7. The van der Waals surface area contributed by atoms with Gasteiger partial charge in [0.05, 0.1) is 25.4 Å². The molecule has 0 fully saturated rings. The Morgan fingerprint density at radius 1 is 1.08 bits per heavy atom. The molecule has 1 aromatic rings. The van der Waals surface area contributed by atoms with Crippen molar-refractivity contribution in [3.05, 3.63) is 47.5 Å². The minimum Gasteiger partial charge on any atom is -0.376 e. The van der Waals surface area contributed by atoms with Gasteiger partial charge in [0.1, 0.15) is 0 Å². The highest BCUT2D eigenvalue weighted by Gasteiger charge is 2.28. The van der Waals surface area contributed by atoms with E-state index in [0.29, 0.717) is 18.6 Å². The standard InChI is InChI=1S/C22H34O2/c1-4-5-6-7-11-14-21-15-18(2)22(24-21)19(3)16-23-17-20-12-9-8-10-13-20/h8-10,12-13,15,19,21-22H,4-7,11,14,16-17H2,1-3H3/t19-,21+,22+/m0/s1. The molecular formula is C22H34O2. The summed E-state index contributed by atoms with van der Waals surface area (Å²) in [4.78, 5) is 0. The van der Waals surface area contributed by atoms with Crippen LogP contribution in [0, 0.1) is 5.92 Å². The molecule has 2 nitrogen and oxygen atoms in total. The molecule has 2 rings (SSSR count). The third kappa shape index (κ3) is 6.41. The average molecular weight is 331 g/mol. The monoisotopic (exact) mass is 330 g/mol. The molecule has 0 N–H and O–H groups in total. The lowest BCUT2D eigenvalue weighted by atomic mass is 10.00. The van der Waals surface area contributed by atoms with E-state index >= 15 is 0 Å². The maximum Gasteiger partial charge on any atom is 0.0838 e. The highest BCUT2D eigenvalue weighted by molar-refractivity contribution is 5.15. The molecule has 0 aliphatic carbocycles. The first-order chi connectivity index (χ1) is 11.7. The molecule has 1 aliphatic heterocycles. The van der Waals surface area contributed by atoms with Crippen molar-refractivity contribution in [1.82, 2.24) is 0 Å². The van der Waals surface area contributed by atoms with Gasteiger partial charge in [-0.2, -0.15) is 0 Å². The lowest BCUT2D eigenvalue weighted by molar-refractivity contribution is -0.0130. The van der Waals surface area contributed by atoms with Crippen LogP contribution in [0.2, 0.25) is 0 Å². The van der Waals surface area contributed by atoms with E-state index in [0.717, 1.165) is 13.0 Å². The number of rotatable bonds is 11. The van der Waals surface area contributed by atoms with Crippen molar-refractivity contribution in [1.29, 1.82) is 0 Å². The number of hydrogen-bond donors (Lipinski definition) is 0. The van der Waals surface area contributed by atoms with Crippen LogP contribution in [-0.2, 0) is 16.1 Å². The van der Waals surface area contributed by atoms with Crippen molar-refractivity contribution < 1.29 is 9.47 Å². The molecule has 0 saturated heterocycles. The van der Waals surface area contributed by atoms with Gasteiger partial charge in [0.2, 0.25) is 0 Å². The van der Waals surface area contributed by atoms with E-state index < -0.39 is 0 Å². The van der Waals surface area contributed by atoms with Crippen LogP contribution >= 0.6 is 0 Å². The van der Waals surface area contributed by atoms with E-state index in [-0.39, 0.29) is 6.10 Å². The molecule has 0 amide bonds. The average Bonchev–Trinajstić information content (AvgIpc) is 2.96. The maximum atomic E-state index is 6.27. The van der Waals surface area contributed by atoms with Crippen molar-refractivity contribution >= 4 is 0 Å². The SMILES string of the molecule is CCCCCCC[C@@H]1C=C(C)[C@H]([C@@H](C)COCc2ccccc2)O1. The zero-order valence-corrected chi connectivity index (χ0v) is 15.7. The molecule has 0 aromatic heterocycles. The molecule has 1 aromatic carbocycles. The van der Waals surface area contributed by atoms with E-state index in [9.17, 15) is 0 Å². The van der Waals surface area contributed by atoms with E-state index in [4.69, 9.17) is 9.47 Å². The molecule has 0 unspecified atom stereocenters. The first-order valence-electron chi connectivity index (χ1n) is 9.66. The van der Waals surface area contributed by atoms with Gasteiger partial charge in [-0.25, -0.2) is 0 Å². The topological polar surface area (TPSA) is 18.5 Å². The van der Waals surface area contributed by atoms with Crippen molar-refractivity contribution in [3.63, 3.8) is 0 Å². The van der Waals surface area contributed by atoms with E-state index in [1.165, 1.54) is 43.2 Å². The van der Waals surface area contributed by atoms with Gasteiger partial charge in [0, 0.05) is 5.92 Å². The first kappa shape index (κ1) is 19.2. The third-order valence-electron chi connectivity index (χ3n) is 4.82. The smallest absolute Gasteiger partial charge is 0.0838 e. The predicted octanol–water partition coefficient (Wildman–Crippen LogP) is 5.91. The molecule has 134 valence electrons. The van der Waals surface area contributed by atoms with Gasteiger partial charge in [0.25, 0.3) is 0 Å². The summed E-state index contributed by atoms with van der Waals surface area (Å²) in [6, 6.07) is 10.4. The number of ether oxygens (including phenoxy) is 2. The van der Waals surface area contributed by atoms with E-state index in [1.54, 1.807) is 0 Å². The fourth-order valence-electron chi connectivity index (χ4n) is 3.43. The lowest BCUT2D eigenvalue weighted by Crippen LogP contribution is -2.25. The van der Waals surface area contributed by atoms with Gasteiger partial charge in [-0.05, 0) is 24.5 Å². The summed E-state index contributed by atoms with van der Waals surface area (Å²) in [5.74, 6) is 0.398. The molecular weight excluding hydrogens is 296 g/mol. The van der Waals surface area contributed by atoms with Crippen molar-refractivity contribution in [3.8, 4) is 0 Å². The van der Waals surface area contributed by atoms with Crippen LogP contribution < -0.4 is 0 Å². The fourth-order valence-corrected chi connectivity index (χ4v) is 3.43. The second-order valence-electron chi connectivity index (χ2n) is 7.19. The van der Waals surface area contributed by atoms with Crippen LogP contribution in [0.5, 0.6) is 0 Å². The quantitative estimate of drug-likeness (QED) is 0.371. The van der Waals surface area contributed by atoms with Crippen LogP contribution in [0.25, 0.3) is 0 Å². The Kier molecular flexibility index (Phi) is 8.55. The van der Waals surface area contributed by atoms with Crippen molar-refractivity contribution in [2.45, 2.75) is 78.1 Å².